The highest BCUT2D eigenvalue weighted by atomic mass is 16.5. The lowest BCUT2D eigenvalue weighted by atomic mass is 9.96. The molecule has 22 heavy (non-hydrogen) atoms. The number of likely N-dealkylation sites (tertiary alicyclic amines) is 1. The number of nitrogens with zero attached hydrogens (tertiary/aromatic N) is 2. The summed E-state index contributed by atoms with van der Waals surface area (Å²) < 4.78 is 5.55. The van der Waals surface area contributed by atoms with E-state index in [4.69, 9.17) is 11.2 Å². The third-order valence-electron chi connectivity index (χ3n) is 4.14. The molecule has 0 spiro atoms. The Balaban J connectivity index is 1.95. The second-order valence-corrected chi connectivity index (χ2v) is 5.88. The van der Waals surface area contributed by atoms with Gasteiger partial charge in [-0.05, 0) is 45.0 Å². The van der Waals surface area contributed by atoms with Crippen LogP contribution in [0.3, 0.4) is 0 Å². The number of carbonyl (C=O) groups excluding carboxylic acids is 1. The summed E-state index contributed by atoms with van der Waals surface area (Å²) in [6, 6.07) is 7.75. The van der Waals surface area contributed by atoms with Gasteiger partial charge < -0.3 is 14.5 Å². The van der Waals surface area contributed by atoms with Crippen molar-refractivity contribution in [1.29, 1.82) is 0 Å². The van der Waals surface area contributed by atoms with Crippen molar-refractivity contribution in [2.24, 2.45) is 5.92 Å². The van der Waals surface area contributed by atoms with Crippen molar-refractivity contribution in [1.82, 2.24) is 9.80 Å². The molecule has 4 heteroatoms. The molecule has 1 aliphatic heterocycles. The Hall–Kier alpha value is -1.99. The average molecular weight is 300 g/mol. The van der Waals surface area contributed by atoms with E-state index in [1.807, 2.05) is 29.2 Å². The largest absolute Gasteiger partial charge is 0.481 e. The Morgan fingerprint density at radius 2 is 2.14 bits per heavy atom. The summed E-state index contributed by atoms with van der Waals surface area (Å²) in [6.45, 7) is 3.84. The van der Waals surface area contributed by atoms with E-state index < -0.39 is 0 Å². The third kappa shape index (κ3) is 4.78. The maximum Gasteiger partial charge on any atom is 0.210 e. The van der Waals surface area contributed by atoms with Crippen molar-refractivity contribution in [2.75, 3.05) is 33.3 Å². The fraction of sp³-hybridized carbons (Fsp3) is 0.500. The van der Waals surface area contributed by atoms with Crippen molar-refractivity contribution in [3.8, 4) is 18.1 Å². The molecule has 1 aliphatic rings. The van der Waals surface area contributed by atoms with E-state index in [0.717, 1.165) is 50.2 Å². The molecule has 1 aromatic rings. The summed E-state index contributed by atoms with van der Waals surface area (Å²) in [7, 11) is 2.15. The molecule has 0 bridgehead atoms. The number of amides is 1. The van der Waals surface area contributed by atoms with Crippen LogP contribution in [0.15, 0.2) is 24.3 Å². The molecule has 1 aromatic carbocycles. The molecule has 1 fully saturated rings. The van der Waals surface area contributed by atoms with E-state index in [1.54, 1.807) is 0 Å². The van der Waals surface area contributed by atoms with Crippen LogP contribution in [0, 0.1) is 18.3 Å². The monoisotopic (exact) mass is 300 g/mol. The van der Waals surface area contributed by atoms with Crippen LogP contribution in [0.1, 0.15) is 18.4 Å². The maximum atomic E-state index is 11.4. The van der Waals surface area contributed by atoms with Gasteiger partial charge in [-0.1, -0.05) is 24.1 Å². The SMILES string of the molecule is C#CCOc1ccccc1CN(C=O)CC1CCN(C)CC1. The van der Waals surface area contributed by atoms with Crippen LogP contribution >= 0.6 is 0 Å². The van der Waals surface area contributed by atoms with Crippen LogP contribution in [-0.4, -0.2) is 49.5 Å². The van der Waals surface area contributed by atoms with Crippen molar-refractivity contribution >= 4 is 6.41 Å². The van der Waals surface area contributed by atoms with Gasteiger partial charge >= 0.3 is 0 Å². The Bertz CT molecular complexity index is 516. The Kier molecular flexibility index (Phi) is 6.29. The summed E-state index contributed by atoms with van der Waals surface area (Å²) in [5, 5.41) is 0. The van der Waals surface area contributed by atoms with Gasteiger partial charge in [0.25, 0.3) is 0 Å². The van der Waals surface area contributed by atoms with Crippen LogP contribution in [0.4, 0.5) is 0 Å². The topological polar surface area (TPSA) is 32.8 Å². The summed E-state index contributed by atoms with van der Waals surface area (Å²) in [5.41, 5.74) is 0.998. The van der Waals surface area contributed by atoms with E-state index in [-0.39, 0.29) is 6.61 Å². The lowest BCUT2D eigenvalue weighted by Crippen LogP contribution is -2.36. The predicted molar refractivity (Wildman–Crippen MR) is 87.5 cm³/mol. The fourth-order valence-electron chi connectivity index (χ4n) is 2.83. The number of hydrogen-bond donors (Lipinski definition) is 0. The number of para-hydroxylation sites is 1. The van der Waals surface area contributed by atoms with Crippen LogP contribution in [0.2, 0.25) is 0 Å². The molecule has 2 rings (SSSR count). The summed E-state index contributed by atoms with van der Waals surface area (Å²) in [4.78, 5) is 15.6. The van der Waals surface area contributed by atoms with Gasteiger partial charge in [-0.25, -0.2) is 0 Å². The lowest BCUT2D eigenvalue weighted by molar-refractivity contribution is -0.119. The first kappa shape index (κ1) is 16.4. The maximum absolute atomic E-state index is 11.4. The number of terminal acetylenes is 1. The number of piperidine rings is 1. The Morgan fingerprint density at radius 3 is 2.82 bits per heavy atom. The zero-order valence-electron chi connectivity index (χ0n) is 13.2. The predicted octanol–water partition coefficient (Wildman–Crippen LogP) is 2.00. The second kappa shape index (κ2) is 8.45. The van der Waals surface area contributed by atoms with E-state index in [2.05, 4.69) is 17.9 Å². The minimum Gasteiger partial charge on any atom is -0.481 e. The van der Waals surface area contributed by atoms with Crippen molar-refractivity contribution in [3.63, 3.8) is 0 Å². The highest BCUT2D eigenvalue weighted by Gasteiger charge is 2.19. The molecule has 1 saturated heterocycles. The molecule has 0 aromatic heterocycles. The lowest BCUT2D eigenvalue weighted by Gasteiger charge is -2.31. The normalized spacial score (nSPS) is 16.0. The number of rotatable bonds is 7. The second-order valence-electron chi connectivity index (χ2n) is 5.88. The average Bonchev–Trinajstić information content (AvgIpc) is 2.55. The van der Waals surface area contributed by atoms with Crippen LogP contribution in [0.5, 0.6) is 5.75 Å². The van der Waals surface area contributed by atoms with Crippen molar-refractivity contribution in [2.45, 2.75) is 19.4 Å². The highest BCUT2D eigenvalue weighted by Crippen LogP contribution is 2.22. The first-order chi connectivity index (χ1) is 10.7. The van der Waals surface area contributed by atoms with Gasteiger partial charge in [0.15, 0.2) is 0 Å². The molecule has 1 heterocycles. The van der Waals surface area contributed by atoms with Gasteiger partial charge in [0, 0.05) is 18.7 Å². The summed E-state index contributed by atoms with van der Waals surface area (Å²) in [6.07, 6.45) is 8.48. The smallest absolute Gasteiger partial charge is 0.210 e. The van der Waals surface area contributed by atoms with Gasteiger partial charge in [0.05, 0.1) is 0 Å². The third-order valence-corrected chi connectivity index (χ3v) is 4.14. The van der Waals surface area contributed by atoms with Gasteiger partial charge in [-0.15, -0.1) is 6.42 Å². The fourth-order valence-corrected chi connectivity index (χ4v) is 2.83. The quantitative estimate of drug-likeness (QED) is 0.570. The van der Waals surface area contributed by atoms with Gasteiger partial charge in [-0.2, -0.15) is 0 Å². The standard InChI is InChI=1S/C18H24N2O2/c1-3-12-22-18-7-5-4-6-17(18)14-20(15-21)13-16-8-10-19(2)11-9-16/h1,4-7,15-16H,8-14H2,2H3. The van der Waals surface area contributed by atoms with Crippen LogP contribution in [-0.2, 0) is 11.3 Å². The number of carbonyl (C=O) groups is 1. The zero-order chi connectivity index (χ0) is 15.8. The Labute approximate surface area is 133 Å². The minimum atomic E-state index is 0.243. The molecule has 4 nitrogen and oxygen atoms in total. The first-order valence-corrected chi connectivity index (χ1v) is 7.75. The number of benzene rings is 1. The minimum absolute atomic E-state index is 0.243. The van der Waals surface area contributed by atoms with E-state index in [0.29, 0.717) is 12.5 Å². The molecular weight excluding hydrogens is 276 g/mol. The van der Waals surface area contributed by atoms with E-state index in [9.17, 15) is 4.79 Å². The molecule has 0 radical (unpaired) electrons. The van der Waals surface area contributed by atoms with Gasteiger partial charge in [0.2, 0.25) is 6.41 Å². The molecular formula is C18H24N2O2. The summed E-state index contributed by atoms with van der Waals surface area (Å²) >= 11 is 0. The summed E-state index contributed by atoms with van der Waals surface area (Å²) in [5.74, 6) is 3.81. The first-order valence-electron chi connectivity index (χ1n) is 7.75. The van der Waals surface area contributed by atoms with Crippen LogP contribution in [0.25, 0.3) is 0 Å². The molecule has 0 unspecified atom stereocenters. The van der Waals surface area contributed by atoms with Gasteiger partial charge in [0.1, 0.15) is 12.4 Å². The number of ether oxygens (including phenoxy) is 1. The van der Waals surface area contributed by atoms with Crippen molar-refractivity contribution < 1.29 is 9.53 Å². The molecule has 0 saturated carbocycles. The molecule has 0 atom stereocenters. The molecule has 0 N–H and O–H groups in total. The Morgan fingerprint density at radius 1 is 1.41 bits per heavy atom. The van der Waals surface area contributed by atoms with Gasteiger partial charge in [-0.3, -0.25) is 4.79 Å². The molecule has 118 valence electrons. The van der Waals surface area contributed by atoms with E-state index >= 15 is 0 Å². The molecule has 1 amide bonds. The molecule has 0 aliphatic carbocycles. The van der Waals surface area contributed by atoms with Crippen LogP contribution < -0.4 is 4.74 Å². The van der Waals surface area contributed by atoms with E-state index in [1.165, 1.54) is 0 Å². The zero-order valence-corrected chi connectivity index (χ0v) is 13.2. The number of hydrogen-bond acceptors (Lipinski definition) is 3. The van der Waals surface area contributed by atoms with Crippen molar-refractivity contribution in [3.05, 3.63) is 29.8 Å². The highest BCUT2D eigenvalue weighted by molar-refractivity contribution is 5.48.